The summed E-state index contributed by atoms with van der Waals surface area (Å²) < 4.78 is 38.7. The number of hydrogen-bond acceptors (Lipinski definition) is 5. The molecule has 1 N–H and O–H groups in total. The first-order chi connectivity index (χ1) is 12.8. The summed E-state index contributed by atoms with van der Waals surface area (Å²) in [4.78, 5) is 12.4. The van der Waals surface area contributed by atoms with E-state index in [1.54, 1.807) is 18.4 Å². The highest BCUT2D eigenvalue weighted by Gasteiger charge is 2.39. The van der Waals surface area contributed by atoms with Crippen molar-refractivity contribution in [3.05, 3.63) is 82.4 Å². The number of hydrogen-bond donors (Lipinski definition) is 1. The van der Waals surface area contributed by atoms with Crippen LogP contribution < -0.4 is 0 Å². The fourth-order valence-electron chi connectivity index (χ4n) is 2.64. The molecule has 0 aliphatic heterocycles. The molecular formula is C18H13ClF3N3OS. The van der Waals surface area contributed by atoms with E-state index < -0.39 is 17.3 Å². The fraction of sp³-hybridized carbons (Fsp3) is 0.167. The van der Waals surface area contributed by atoms with E-state index in [4.69, 9.17) is 11.6 Å². The third-order valence-electron chi connectivity index (χ3n) is 3.97. The molecule has 0 aliphatic carbocycles. The maximum Gasteiger partial charge on any atom is 0.416 e. The highest BCUT2D eigenvalue weighted by atomic mass is 35.5. The summed E-state index contributed by atoms with van der Waals surface area (Å²) >= 11 is 7.45. The lowest BCUT2D eigenvalue weighted by atomic mass is 9.83. The van der Waals surface area contributed by atoms with E-state index in [1.807, 2.05) is 0 Å². The van der Waals surface area contributed by atoms with Crippen LogP contribution in [0.3, 0.4) is 0 Å². The van der Waals surface area contributed by atoms with Gasteiger partial charge in [0.15, 0.2) is 10.8 Å². The minimum absolute atomic E-state index is 0.0178. The summed E-state index contributed by atoms with van der Waals surface area (Å²) in [6, 6.07) is 8.82. The summed E-state index contributed by atoms with van der Waals surface area (Å²) in [7, 11) is 0. The van der Waals surface area contributed by atoms with E-state index in [1.165, 1.54) is 42.4 Å². The molecule has 4 nitrogen and oxygen atoms in total. The minimum Gasteiger partial charge on any atom is -0.374 e. The Morgan fingerprint density at radius 3 is 2.22 bits per heavy atom. The highest BCUT2D eigenvalue weighted by Crippen LogP contribution is 2.40. The van der Waals surface area contributed by atoms with Crippen molar-refractivity contribution in [3.8, 4) is 0 Å². The predicted molar refractivity (Wildman–Crippen MR) is 96.6 cm³/mol. The van der Waals surface area contributed by atoms with Crippen molar-refractivity contribution in [2.24, 2.45) is 0 Å². The predicted octanol–water partition coefficient (Wildman–Crippen LogP) is 4.55. The van der Waals surface area contributed by atoms with Crippen LogP contribution in [-0.2, 0) is 11.8 Å². The van der Waals surface area contributed by atoms with Crippen LogP contribution in [-0.4, -0.2) is 26.3 Å². The van der Waals surface area contributed by atoms with Gasteiger partial charge in [0, 0.05) is 18.0 Å². The second-order valence-electron chi connectivity index (χ2n) is 5.56. The van der Waals surface area contributed by atoms with Crippen molar-refractivity contribution in [2.75, 3.05) is 6.26 Å². The van der Waals surface area contributed by atoms with E-state index in [0.717, 1.165) is 12.1 Å². The highest BCUT2D eigenvalue weighted by molar-refractivity contribution is 7.98. The molecule has 2 aromatic heterocycles. The Morgan fingerprint density at radius 1 is 0.963 bits per heavy atom. The van der Waals surface area contributed by atoms with Gasteiger partial charge in [-0.05, 0) is 36.1 Å². The van der Waals surface area contributed by atoms with E-state index >= 15 is 0 Å². The molecule has 1 unspecified atom stereocenters. The number of thioether (sulfide) groups is 1. The normalized spacial score (nSPS) is 14.0. The summed E-state index contributed by atoms with van der Waals surface area (Å²) in [6.07, 6.45) is 0.205. The molecule has 0 saturated carbocycles. The molecule has 0 spiro atoms. The summed E-state index contributed by atoms with van der Waals surface area (Å²) in [5.74, 6) is 0. The summed E-state index contributed by atoms with van der Waals surface area (Å²) in [5, 5.41) is 12.0. The largest absolute Gasteiger partial charge is 0.416 e. The summed E-state index contributed by atoms with van der Waals surface area (Å²) in [6.45, 7) is 0. The molecule has 140 valence electrons. The second-order valence-corrected chi connectivity index (χ2v) is 6.69. The Kier molecular flexibility index (Phi) is 5.41. The number of benzene rings is 1. The van der Waals surface area contributed by atoms with Crippen LogP contribution in [0.5, 0.6) is 0 Å². The average Bonchev–Trinajstić information content (AvgIpc) is 2.67. The maximum atomic E-state index is 12.9. The van der Waals surface area contributed by atoms with Crippen LogP contribution in [0.25, 0.3) is 0 Å². The standard InChI is InChI=1S/C18H13ClF3N3OS/c1-27-16-24-10-8-14(25-16)17(26,13-3-2-9-23-15(13)19)11-4-6-12(7-5-11)18(20,21)22/h2-10,26H,1H3. The van der Waals surface area contributed by atoms with Gasteiger partial charge in [-0.2, -0.15) is 13.2 Å². The Balaban J connectivity index is 2.23. The summed E-state index contributed by atoms with van der Waals surface area (Å²) in [5.41, 5.74) is -2.16. The lowest BCUT2D eigenvalue weighted by Crippen LogP contribution is -2.31. The van der Waals surface area contributed by atoms with Gasteiger partial charge >= 0.3 is 6.18 Å². The zero-order valence-electron chi connectivity index (χ0n) is 13.9. The zero-order valence-corrected chi connectivity index (χ0v) is 15.5. The van der Waals surface area contributed by atoms with E-state index in [2.05, 4.69) is 15.0 Å². The van der Waals surface area contributed by atoms with Gasteiger partial charge in [0.05, 0.1) is 11.3 Å². The SMILES string of the molecule is CSc1nccc(C(O)(c2ccc(C(F)(F)F)cc2)c2cccnc2Cl)n1. The van der Waals surface area contributed by atoms with Crippen LogP contribution in [0, 0.1) is 0 Å². The first kappa shape index (κ1) is 19.6. The molecule has 0 amide bonds. The van der Waals surface area contributed by atoms with E-state index in [0.29, 0.717) is 5.16 Å². The van der Waals surface area contributed by atoms with E-state index in [9.17, 15) is 18.3 Å². The monoisotopic (exact) mass is 411 g/mol. The van der Waals surface area contributed by atoms with Crippen LogP contribution >= 0.6 is 23.4 Å². The fourth-order valence-corrected chi connectivity index (χ4v) is 3.25. The van der Waals surface area contributed by atoms with Gasteiger partial charge in [-0.15, -0.1) is 0 Å². The number of rotatable bonds is 4. The maximum absolute atomic E-state index is 12.9. The molecule has 3 aromatic rings. The van der Waals surface area contributed by atoms with Gasteiger partial charge in [-0.25, -0.2) is 15.0 Å². The molecule has 0 bridgehead atoms. The second kappa shape index (κ2) is 7.46. The van der Waals surface area contributed by atoms with Gasteiger partial charge in [-0.3, -0.25) is 0 Å². The molecule has 3 rings (SSSR count). The number of alkyl halides is 3. The topological polar surface area (TPSA) is 58.9 Å². The Labute approximate surface area is 162 Å². The molecule has 0 radical (unpaired) electrons. The van der Waals surface area contributed by atoms with E-state index in [-0.39, 0.29) is 22.0 Å². The van der Waals surface area contributed by atoms with Gasteiger partial charge in [0.2, 0.25) is 0 Å². The number of aromatic nitrogens is 3. The molecular weight excluding hydrogens is 399 g/mol. The average molecular weight is 412 g/mol. The van der Waals surface area contributed by atoms with Gasteiger partial charge in [0.25, 0.3) is 0 Å². The van der Waals surface area contributed by atoms with Crippen molar-refractivity contribution < 1.29 is 18.3 Å². The minimum atomic E-state index is -4.48. The third-order valence-corrected chi connectivity index (χ3v) is 4.83. The molecule has 1 aromatic carbocycles. The van der Waals surface area contributed by atoms with Crippen molar-refractivity contribution in [3.63, 3.8) is 0 Å². The zero-order chi connectivity index (χ0) is 19.7. The molecule has 27 heavy (non-hydrogen) atoms. The van der Waals surface area contributed by atoms with Crippen LogP contribution in [0.15, 0.2) is 60.0 Å². The molecule has 0 aliphatic rings. The van der Waals surface area contributed by atoms with Crippen molar-refractivity contribution in [1.29, 1.82) is 0 Å². The lowest BCUT2D eigenvalue weighted by molar-refractivity contribution is -0.137. The van der Waals surface area contributed by atoms with Gasteiger partial charge < -0.3 is 5.11 Å². The quantitative estimate of drug-likeness (QED) is 0.388. The number of nitrogens with zero attached hydrogens (tertiary/aromatic N) is 3. The van der Waals surface area contributed by atoms with Crippen LogP contribution in [0.1, 0.15) is 22.4 Å². The first-order valence-corrected chi connectivity index (χ1v) is 9.25. The number of halogens is 4. The lowest BCUT2D eigenvalue weighted by Gasteiger charge is -2.29. The molecule has 0 fully saturated rings. The Morgan fingerprint density at radius 2 is 1.63 bits per heavy atom. The Bertz CT molecular complexity index is 953. The Hall–Kier alpha value is -2.16. The number of aliphatic hydroxyl groups is 1. The molecule has 2 heterocycles. The van der Waals surface area contributed by atoms with Crippen LogP contribution in [0.4, 0.5) is 13.2 Å². The van der Waals surface area contributed by atoms with Gasteiger partial charge in [-0.1, -0.05) is 41.6 Å². The first-order valence-electron chi connectivity index (χ1n) is 7.65. The van der Waals surface area contributed by atoms with Gasteiger partial charge in [0.1, 0.15) is 5.15 Å². The number of pyridine rings is 1. The van der Waals surface area contributed by atoms with Crippen LogP contribution in [0.2, 0.25) is 5.15 Å². The van der Waals surface area contributed by atoms with Crippen molar-refractivity contribution >= 4 is 23.4 Å². The smallest absolute Gasteiger partial charge is 0.374 e. The molecule has 9 heteroatoms. The van der Waals surface area contributed by atoms with Crippen molar-refractivity contribution in [2.45, 2.75) is 16.9 Å². The molecule has 1 atom stereocenters. The van der Waals surface area contributed by atoms with Crippen molar-refractivity contribution in [1.82, 2.24) is 15.0 Å². The third kappa shape index (κ3) is 3.78. The molecule has 0 saturated heterocycles.